The average Bonchev–Trinajstić information content (AvgIpc) is 2.89. The summed E-state index contributed by atoms with van der Waals surface area (Å²) in [7, 11) is 0. The molecule has 1 heterocycles. The summed E-state index contributed by atoms with van der Waals surface area (Å²) < 4.78 is 16.6. The fraction of sp³-hybridized carbons (Fsp3) is 0.368. The molecule has 0 radical (unpaired) electrons. The molecule has 0 aromatic heterocycles. The van der Waals surface area contributed by atoms with E-state index in [2.05, 4.69) is 0 Å². The standard InChI is InChI=1S/C19H22O5/c20-17-16(13-22-11-14-7-3-1-4-8-14)24-19(21)18(17)23-12-15-9-5-2-6-10-15/h1-10,16-21H,11-13H2. The van der Waals surface area contributed by atoms with Crippen LogP contribution in [0.25, 0.3) is 0 Å². The molecule has 2 N–H and O–H groups in total. The van der Waals surface area contributed by atoms with Crippen LogP contribution in [0.4, 0.5) is 0 Å². The molecule has 5 heteroatoms. The number of benzene rings is 2. The van der Waals surface area contributed by atoms with E-state index in [0.717, 1.165) is 11.1 Å². The van der Waals surface area contributed by atoms with Crippen molar-refractivity contribution in [3.8, 4) is 0 Å². The van der Waals surface area contributed by atoms with Crippen LogP contribution in [0.2, 0.25) is 0 Å². The van der Waals surface area contributed by atoms with Crippen molar-refractivity contribution in [3.05, 3.63) is 71.8 Å². The Bertz CT molecular complexity index is 604. The maximum Gasteiger partial charge on any atom is 0.184 e. The minimum atomic E-state index is -1.16. The molecule has 5 nitrogen and oxygen atoms in total. The number of rotatable bonds is 7. The van der Waals surface area contributed by atoms with Gasteiger partial charge in [0.2, 0.25) is 0 Å². The maximum atomic E-state index is 10.3. The molecule has 4 atom stereocenters. The lowest BCUT2D eigenvalue weighted by Gasteiger charge is -2.18. The minimum absolute atomic E-state index is 0.193. The third kappa shape index (κ3) is 4.41. The van der Waals surface area contributed by atoms with Crippen LogP contribution >= 0.6 is 0 Å². The van der Waals surface area contributed by atoms with Crippen molar-refractivity contribution in [1.29, 1.82) is 0 Å². The summed E-state index contributed by atoms with van der Waals surface area (Å²) in [5, 5.41) is 20.3. The molecule has 128 valence electrons. The fourth-order valence-corrected chi connectivity index (χ4v) is 2.67. The third-order valence-corrected chi connectivity index (χ3v) is 3.99. The molecule has 0 saturated carbocycles. The largest absolute Gasteiger partial charge is 0.387 e. The van der Waals surface area contributed by atoms with Gasteiger partial charge in [-0.05, 0) is 11.1 Å². The first-order valence-corrected chi connectivity index (χ1v) is 8.03. The molecule has 1 aliphatic rings. The van der Waals surface area contributed by atoms with Gasteiger partial charge >= 0.3 is 0 Å². The predicted molar refractivity (Wildman–Crippen MR) is 88.0 cm³/mol. The van der Waals surface area contributed by atoms with Gasteiger partial charge in [-0.15, -0.1) is 0 Å². The first-order chi connectivity index (χ1) is 11.7. The van der Waals surface area contributed by atoms with Crippen LogP contribution < -0.4 is 0 Å². The van der Waals surface area contributed by atoms with Gasteiger partial charge in [0.25, 0.3) is 0 Å². The van der Waals surface area contributed by atoms with Gasteiger partial charge in [-0.2, -0.15) is 0 Å². The third-order valence-electron chi connectivity index (χ3n) is 3.99. The maximum absolute atomic E-state index is 10.3. The van der Waals surface area contributed by atoms with Gasteiger partial charge in [0, 0.05) is 0 Å². The van der Waals surface area contributed by atoms with Crippen molar-refractivity contribution in [1.82, 2.24) is 0 Å². The molecule has 1 fully saturated rings. The molecular weight excluding hydrogens is 308 g/mol. The lowest BCUT2D eigenvalue weighted by atomic mass is 10.1. The van der Waals surface area contributed by atoms with Crippen molar-refractivity contribution in [2.75, 3.05) is 6.61 Å². The van der Waals surface area contributed by atoms with Crippen molar-refractivity contribution in [2.45, 2.75) is 37.8 Å². The number of hydrogen-bond acceptors (Lipinski definition) is 5. The van der Waals surface area contributed by atoms with Crippen molar-refractivity contribution in [2.24, 2.45) is 0 Å². The van der Waals surface area contributed by atoms with Crippen LogP contribution in [-0.2, 0) is 27.4 Å². The van der Waals surface area contributed by atoms with Gasteiger partial charge in [-0.1, -0.05) is 60.7 Å². The number of ether oxygens (including phenoxy) is 3. The van der Waals surface area contributed by atoms with Crippen LogP contribution in [0.3, 0.4) is 0 Å². The molecular formula is C19H22O5. The number of aliphatic hydroxyl groups excluding tert-OH is 2. The topological polar surface area (TPSA) is 68.2 Å². The summed E-state index contributed by atoms with van der Waals surface area (Å²) in [6, 6.07) is 19.4. The molecule has 0 aliphatic carbocycles. The monoisotopic (exact) mass is 330 g/mol. The Morgan fingerprint density at radius 3 is 2.04 bits per heavy atom. The molecule has 24 heavy (non-hydrogen) atoms. The highest BCUT2D eigenvalue weighted by atomic mass is 16.7. The van der Waals surface area contributed by atoms with Crippen LogP contribution in [0.5, 0.6) is 0 Å². The van der Waals surface area contributed by atoms with Crippen molar-refractivity contribution < 1.29 is 24.4 Å². The molecule has 2 aromatic carbocycles. The van der Waals surface area contributed by atoms with E-state index in [0.29, 0.717) is 13.2 Å². The van der Waals surface area contributed by atoms with E-state index < -0.39 is 24.6 Å². The smallest absolute Gasteiger partial charge is 0.184 e. The molecule has 3 rings (SSSR count). The van der Waals surface area contributed by atoms with Gasteiger partial charge in [0.1, 0.15) is 18.3 Å². The Kier molecular flexibility index (Phi) is 5.96. The molecule has 4 unspecified atom stereocenters. The van der Waals surface area contributed by atoms with E-state index in [-0.39, 0.29) is 6.61 Å². The second-order valence-electron chi connectivity index (χ2n) is 5.82. The van der Waals surface area contributed by atoms with E-state index >= 15 is 0 Å². The summed E-state index contributed by atoms with van der Waals surface area (Å²) in [5.74, 6) is 0. The Balaban J connectivity index is 1.46. The highest BCUT2D eigenvalue weighted by molar-refractivity contribution is 5.14. The molecule has 2 aromatic rings. The lowest BCUT2D eigenvalue weighted by Crippen LogP contribution is -2.36. The zero-order valence-corrected chi connectivity index (χ0v) is 13.3. The van der Waals surface area contributed by atoms with E-state index in [4.69, 9.17) is 14.2 Å². The SMILES string of the molecule is OC1OC(COCc2ccccc2)C(O)C1OCc1ccccc1. The van der Waals surface area contributed by atoms with Crippen molar-refractivity contribution in [3.63, 3.8) is 0 Å². The molecule has 0 bridgehead atoms. The quantitative estimate of drug-likeness (QED) is 0.811. The summed E-state index contributed by atoms with van der Waals surface area (Å²) in [6.07, 6.45) is -3.48. The van der Waals surface area contributed by atoms with Crippen LogP contribution in [0.15, 0.2) is 60.7 Å². The van der Waals surface area contributed by atoms with Gasteiger partial charge in [0.15, 0.2) is 6.29 Å². The lowest BCUT2D eigenvalue weighted by molar-refractivity contribution is -0.152. The Hall–Kier alpha value is -1.76. The van der Waals surface area contributed by atoms with E-state index in [1.54, 1.807) is 0 Å². The molecule has 0 amide bonds. The first kappa shape index (κ1) is 17.1. The second kappa shape index (κ2) is 8.37. The van der Waals surface area contributed by atoms with E-state index in [1.807, 2.05) is 60.7 Å². The average molecular weight is 330 g/mol. The summed E-state index contributed by atoms with van der Waals surface area (Å²) in [4.78, 5) is 0. The van der Waals surface area contributed by atoms with Gasteiger partial charge in [0.05, 0.1) is 19.8 Å². The van der Waals surface area contributed by atoms with Crippen LogP contribution in [0, 0.1) is 0 Å². The normalized spacial score (nSPS) is 26.6. The fourth-order valence-electron chi connectivity index (χ4n) is 2.67. The minimum Gasteiger partial charge on any atom is -0.387 e. The van der Waals surface area contributed by atoms with Crippen LogP contribution in [0.1, 0.15) is 11.1 Å². The Morgan fingerprint density at radius 2 is 1.42 bits per heavy atom. The molecule has 0 spiro atoms. The summed E-state index contributed by atoms with van der Waals surface area (Å²) in [6.45, 7) is 0.929. The zero-order chi connectivity index (χ0) is 16.8. The predicted octanol–water partition coefficient (Wildman–Crippen LogP) is 1.87. The summed E-state index contributed by atoms with van der Waals surface area (Å²) in [5.41, 5.74) is 2.02. The number of hydrogen-bond donors (Lipinski definition) is 2. The first-order valence-electron chi connectivity index (χ1n) is 8.03. The molecule has 1 aliphatic heterocycles. The Labute approximate surface area is 141 Å². The highest BCUT2D eigenvalue weighted by Crippen LogP contribution is 2.24. The van der Waals surface area contributed by atoms with Crippen molar-refractivity contribution >= 4 is 0 Å². The van der Waals surface area contributed by atoms with Crippen LogP contribution in [-0.4, -0.2) is 41.4 Å². The summed E-state index contributed by atoms with van der Waals surface area (Å²) >= 11 is 0. The van der Waals surface area contributed by atoms with Gasteiger partial charge in [-0.25, -0.2) is 0 Å². The van der Waals surface area contributed by atoms with Gasteiger partial charge < -0.3 is 24.4 Å². The highest BCUT2D eigenvalue weighted by Gasteiger charge is 2.43. The molecule has 1 saturated heterocycles. The second-order valence-corrected chi connectivity index (χ2v) is 5.82. The Morgan fingerprint density at radius 1 is 0.833 bits per heavy atom. The zero-order valence-electron chi connectivity index (χ0n) is 13.3. The number of aliphatic hydroxyl groups is 2. The van der Waals surface area contributed by atoms with Gasteiger partial charge in [-0.3, -0.25) is 0 Å². The van der Waals surface area contributed by atoms with E-state index in [9.17, 15) is 10.2 Å². The van der Waals surface area contributed by atoms with E-state index in [1.165, 1.54) is 0 Å².